The summed E-state index contributed by atoms with van der Waals surface area (Å²) in [5.74, 6) is 0.234. The molecule has 0 radical (unpaired) electrons. The summed E-state index contributed by atoms with van der Waals surface area (Å²) in [7, 11) is 1.40. The van der Waals surface area contributed by atoms with Gasteiger partial charge in [-0.1, -0.05) is 37.0 Å². The van der Waals surface area contributed by atoms with Crippen LogP contribution in [0.25, 0.3) is 11.3 Å². The maximum atomic E-state index is 12.1. The van der Waals surface area contributed by atoms with Gasteiger partial charge in [0.1, 0.15) is 5.69 Å². The van der Waals surface area contributed by atoms with E-state index in [0.717, 1.165) is 17.5 Å². The summed E-state index contributed by atoms with van der Waals surface area (Å²) in [6, 6.07) is 2.89. The predicted octanol–water partition coefficient (Wildman–Crippen LogP) is 3.22. The summed E-state index contributed by atoms with van der Waals surface area (Å²) in [5, 5.41) is 4.15. The summed E-state index contributed by atoms with van der Waals surface area (Å²) in [4.78, 5) is 44.8. The molecule has 3 rings (SSSR count). The summed E-state index contributed by atoms with van der Waals surface area (Å²) in [6.07, 6.45) is 2.84. The number of aromatic nitrogens is 5. The maximum Gasteiger partial charge on any atom is 0.344 e. The van der Waals surface area contributed by atoms with Crippen molar-refractivity contribution in [3.05, 3.63) is 65.3 Å². The largest absolute Gasteiger partial charge is 0.434 e. The van der Waals surface area contributed by atoms with Gasteiger partial charge < -0.3 is 9.72 Å². The minimum Gasteiger partial charge on any atom is -0.434 e. The van der Waals surface area contributed by atoms with Gasteiger partial charge in [-0.05, 0) is 25.0 Å². The first-order valence-electron chi connectivity index (χ1n) is 9.19. The summed E-state index contributed by atoms with van der Waals surface area (Å²) in [5.41, 5.74) is -0.924. The summed E-state index contributed by atoms with van der Waals surface area (Å²) in [6.45, 7) is 3.95. The Balaban J connectivity index is 2.01. The molecule has 0 atom stereocenters. The van der Waals surface area contributed by atoms with E-state index in [1.165, 1.54) is 25.4 Å². The van der Waals surface area contributed by atoms with E-state index in [1.54, 1.807) is 0 Å². The molecule has 9 nitrogen and oxygen atoms in total. The number of hydrogen-bond acceptors (Lipinski definition) is 6. The van der Waals surface area contributed by atoms with Crippen LogP contribution in [0.2, 0.25) is 10.0 Å². The Morgan fingerprint density at radius 3 is 2.33 bits per heavy atom. The number of hydrogen-bond donors (Lipinski definition) is 2. The van der Waals surface area contributed by atoms with Crippen LogP contribution in [-0.2, 0) is 7.05 Å². The molecule has 1 aromatic carbocycles. The fraction of sp³-hybridized carbons (Fsp3) is 0.316. The summed E-state index contributed by atoms with van der Waals surface area (Å²) < 4.78 is 6.72. The molecule has 0 unspecified atom stereocenters. The van der Waals surface area contributed by atoms with Crippen molar-refractivity contribution >= 4 is 23.2 Å². The molecule has 2 N–H and O–H groups in total. The van der Waals surface area contributed by atoms with Crippen LogP contribution in [0.15, 0.2) is 32.7 Å². The van der Waals surface area contributed by atoms with Crippen molar-refractivity contribution in [2.45, 2.75) is 32.6 Å². The van der Waals surface area contributed by atoms with Crippen LogP contribution >= 0.6 is 23.2 Å². The Hall–Kier alpha value is -2.91. The number of halogens is 2. The number of aryl methyl sites for hydroxylation is 1. The third kappa shape index (κ3) is 4.31. The Morgan fingerprint density at radius 2 is 1.73 bits per heavy atom. The number of ether oxygens (including phenoxy) is 1. The molecule has 0 saturated carbocycles. The Labute approximate surface area is 180 Å². The van der Waals surface area contributed by atoms with Crippen LogP contribution in [0.1, 0.15) is 38.3 Å². The molecular weight excluding hydrogens is 433 g/mol. The quantitative estimate of drug-likeness (QED) is 0.592. The zero-order valence-corrected chi connectivity index (χ0v) is 18.0. The predicted molar refractivity (Wildman–Crippen MR) is 114 cm³/mol. The third-order valence-electron chi connectivity index (χ3n) is 4.62. The molecule has 0 spiro atoms. The maximum absolute atomic E-state index is 12.1. The smallest absolute Gasteiger partial charge is 0.344 e. The SMILES string of the molecule is CCC(CC)c1nc(Oc2c(Cl)cc(-c3nn(C)c(=O)[nH]c3=O)cc2Cl)c[nH]c1=O. The lowest BCUT2D eigenvalue weighted by Gasteiger charge is -2.14. The normalized spacial score (nSPS) is 11.1. The lowest BCUT2D eigenvalue weighted by molar-refractivity contribution is 0.452. The van der Waals surface area contributed by atoms with E-state index in [-0.39, 0.29) is 38.8 Å². The Morgan fingerprint density at radius 1 is 1.10 bits per heavy atom. The monoisotopic (exact) mass is 451 g/mol. The lowest BCUT2D eigenvalue weighted by Crippen LogP contribution is -2.31. The van der Waals surface area contributed by atoms with E-state index in [9.17, 15) is 14.4 Å². The van der Waals surface area contributed by atoms with E-state index >= 15 is 0 Å². The van der Waals surface area contributed by atoms with Crippen LogP contribution in [-0.4, -0.2) is 24.7 Å². The van der Waals surface area contributed by atoms with E-state index in [1.807, 2.05) is 13.8 Å². The van der Waals surface area contributed by atoms with Crippen molar-refractivity contribution in [1.29, 1.82) is 0 Å². The number of aromatic amines is 2. The minimum atomic E-state index is -0.670. The molecule has 0 aliphatic carbocycles. The van der Waals surface area contributed by atoms with Gasteiger partial charge in [-0.2, -0.15) is 5.10 Å². The Kier molecular flexibility index (Phi) is 6.42. The van der Waals surface area contributed by atoms with Gasteiger partial charge in [0.2, 0.25) is 5.88 Å². The topological polar surface area (TPSA) is 123 Å². The van der Waals surface area contributed by atoms with Gasteiger partial charge in [0.25, 0.3) is 11.1 Å². The molecule has 0 fully saturated rings. The van der Waals surface area contributed by atoms with Crippen LogP contribution in [0, 0.1) is 0 Å². The molecule has 0 amide bonds. The van der Waals surface area contributed by atoms with Crippen molar-refractivity contribution < 1.29 is 4.74 Å². The van der Waals surface area contributed by atoms with Crippen molar-refractivity contribution in [2.75, 3.05) is 0 Å². The molecule has 30 heavy (non-hydrogen) atoms. The molecule has 0 saturated heterocycles. The molecule has 2 aromatic heterocycles. The first-order chi connectivity index (χ1) is 14.2. The van der Waals surface area contributed by atoms with E-state index in [4.69, 9.17) is 27.9 Å². The molecule has 158 valence electrons. The van der Waals surface area contributed by atoms with Gasteiger partial charge in [0.15, 0.2) is 11.4 Å². The standard InChI is InChI=1S/C19H19Cl2N5O4/c1-4-9(5-2)14-17(27)22-8-13(23-14)30-16-11(20)6-10(7-12(16)21)15-18(28)24-19(29)26(3)25-15/h6-9H,4-5H2,1-3H3,(H,22,27)(H,24,28,29). The number of nitrogens with zero attached hydrogens (tertiary/aromatic N) is 3. The fourth-order valence-corrected chi connectivity index (χ4v) is 3.54. The minimum absolute atomic E-state index is 0.00635. The van der Waals surface area contributed by atoms with E-state index in [0.29, 0.717) is 11.3 Å². The highest BCUT2D eigenvalue weighted by Gasteiger charge is 2.18. The number of nitrogens with one attached hydrogen (secondary N) is 2. The van der Waals surface area contributed by atoms with Gasteiger partial charge in [-0.15, -0.1) is 0 Å². The average Bonchev–Trinajstić information content (AvgIpc) is 2.70. The molecule has 0 aliphatic heterocycles. The zero-order chi connectivity index (χ0) is 22.0. The van der Waals surface area contributed by atoms with E-state index < -0.39 is 11.2 Å². The lowest BCUT2D eigenvalue weighted by atomic mass is 10.00. The first kappa shape index (κ1) is 21.8. The fourth-order valence-electron chi connectivity index (χ4n) is 2.97. The highest BCUT2D eigenvalue weighted by atomic mass is 35.5. The van der Waals surface area contributed by atoms with Gasteiger partial charge in [-0.25, -0.2) is 14.5 Å². The summed E-state index contributed by atoms with van der Waals surface area (Å²) >= 11 is 12.7. The Bertz CT molecular complexity index is 1240. The van der Waals surface area contributed by atoms with E-state index in [2.05, 4.69) is 20.1 Å². The van der Waals surface area contributed by atoms with Crippen LogP contribution in [0.3, 0.4) is 0 Å². The zero-order valence-electron chi connectivity index (χ0n) is 16.5. The van der Waals surface area contributed by atoms with Crippen molar-refractivity contribution in [3.63, 3.8) is 0 Å². The van der Waals surface area contributed by atoms with Gasteiger partial charge in [0.05, 0.1) is 16.2 Å². The average molecular weight is 452 g/mol. The second kappa shape index (κ2) is 8.85. The second-order valence-electron chi connectivity index (χ2n) is 6.57. The molecule has 0 aliphatic rings. The van der Waals surface area contributed by atoms with Crippen molar-refractivity contribution in [1.82, 2.24) is 24.7 Å². The number of benzene rings is 1. The first-order valence-corrected chi connectivity index (χ1v) is 9.95. The molecule has 0 bridgehead atoms. The second-order valence-corrected chi connectivity index (χ2v) is 7.38. The molecule has 3 aromatic rings. The third-order valence-corrected chi connectivity index (χ3v) is 5.18. The van der Waals surface area contributed by atoms with Crippen LogP contribution < -0.4 is 21.5 Å². The highest BCUT2D eigenvalue weighted by Crippen LogP contribution is 2.38. The number of rotatable bonds is 6. The molecule has 11 heteroatoms. The van der Waals surface area contributed by atoms with Gasteiger partial charge in [0, 0.05) is 18.5 Å². The molecule has 2 heterocycles. The highest BCUT2D eigenvalue weighted by molar-refractivity contribution is 6.37. The van der Waals surface area contributed by atoms with Gasteiger partial charge >= 0.3 is 5.69 Å². The van der Waals surface area contributed by atoms with Gasteiger partial charge in [-0.3, -0.25) is 14.6 Å². The molecular formula is C19H19Cl2N5O4. The van der Waals surface area contributed by atoms with Crippen LogP contribution in [0.4, 0.5) is 0 Å². The number of H-pyrrole nitrogens is 2. The van der Waals surface area contributed by atoms with Crippen molar-refractivity contribution in [2.24, 2.45) is 7.05 Å². The van der Waals surface area contributed by atoms with Crippen molar-refractivity contribution in [3.8, 4) is 22.9 Å². The van der Waals surface area contributed by atoms with Crippen LogP contribution in [0.5, 0.6) is 11.6 Å².